The van der Waals surface area contributed by atoms with Gasteiger partial charge in [-0.1, -0.05) is 42.5 Å². The highest BCUT2D eigenvalue weighted by molar-refractivity contribution is 5.98. The Bertz CT molecular complexity index is 710. The van der Waals surface area contributed by atoms with Gasteiger partial charge < -0.3 is 18.9 Å². The van der Waals surface area contributed by atoms with Crippen LogP contribution >= 0.6 is 0 Å². The van der Waals surface area contributed by atoms with Crippen molar-refractivity contribution in [2.24, 2.45) is 0 Å². The molecule has 0 bridgehead atoms. The van der Waals surface area contributed by atoms with Crippen molar-refractivity contribution in [1.82, 2.24) is 0 Å². The van der Waals surface area contributed by atoms with Gasteiger partial charge in [-0.05, 0) is 31.5 Å². The Kier molecular flexibility index (Phi) is 8.16. The van der Waals surface area contributed by atoms with Crippen molar-refractivity contribution >= 4 is 11.9 Å². The second-order valence-electron chi connectivity index (χ2n) is 5.53. The first-order valence-electron chi connectivity index (χ1n) is 8.91. The molecule has 0 heterocycles. The Hall–Kier alpha value is -3.02. The van der Waals surface area contributed by atoms with E-state index in [1.54, 1.807) is 38.1 Å². The van der Waals surface area contributed by atoms with E-state index in [0.29, 0.717) is 18.8 Å². The third kappa shape index (κ3) is 6.33. The monoisotopic (exact) mass is 372 g/mol. The van der Waals surface area contributed by atoms with Gasteiger partial charge in [0, 0.05) is 6.42 Å². The fraction of sp³-hybridized carbons (Fsp3) is 0.333. The average Bonchev–Trinajstić information content (AvgIpc) is 2.68. The van der Waals surface area contributed by atoms with E-state index in [0.717, 1.165) is 5.56 Å². The topological polar surface area (TPSA) is 71.1 Å². The summed E-state index contributed by atoms with van der Waals surface area (Å²) in [6, 6.07) is 16.8. The number of rotatable bonds is 10. The summed E-state index contributed by atoms with van der Waals surface area (Å²) in [6.45, 7) is 4.00. The maximum atomic E-state index is 12.1. The van der Waals surface area contributed by atoms with Gasteiger partial charge in [0.05, 0.1) is 19.8 Å². The molecule has 0 unspecified atom stereocenters. The van der Waals surface area contributed by atoms with Crippen molar-refractivity contribution in [3.63, 3.8) is 0 Å². The molecular formula is C21H24O6. The van der Waals surface area contributed by atoms with E-state index in [2.05, 4.69) is 0 Å². The number of hydrogen-bond acceptors (Lipinski definition) is 6. The molecule has 0 aliphatic heterocycles. The van der Waals surface area contributed by atoms with Gasteiger partial charge in [-0.15, -0.1) is 0 Å². The number of ether oxygens (including phenoxy) is 4. The van der Waals surface area contributed by atoms with Crippen LogP contribution in [0.4, 0.5) is 0 Å². The fourth-order valence-corrected chi connectivity index (χ4v) is 2.35. The zero-order valence-electron chi connectivity index (χ0n) is 15.6. The van der Waals surface area contributed by atoms with Gasteiger partial charge in [-0.25, -0.2) is 9.59 Å². The minimum atomic E-state index is -1.50. The molecular weight excluding hydrogens is 348 g/mol. The Morgan fingerprint density at radius 3 is 1.96 bits per heavy atom. The number of carbonyl (C=O) groups excluding carboxylic acids is 2. The van der Waals surface area contributed by atoms with Crippen molar-refractivity contribution in [1.29, 1.82) is 0 Å². The SMILES string of the molecule is CCOC(=O)C(Oc1ccccc1OCCc1ccccc1)C(=O)OCC. The molecule has 0 fully saturated rings. The summed E-state index contributed by atoms with van der Waals surface area (Å²) in [5, 5.41) is 0. The van der Waals surface area contributed by atoms with Gasteiger partial charge in [-0.2, -0.15) is 0 Å². The Labute approximate surface area is 159 Å². The molecule has 27 heavy (non-hydrogen) atoms. The van der Waals surface area contributed by atoms with E-state index in [1.807, 2.05) is 30.3 Å². The van der Waals surface area contributed by atoms with Crippen molar-refractivity contribution in [2.45, 2.75) is 26.4 Å². The van der Waals surface area contributed by atoms with Gasteiger partial charge in [0.25, 0.3) is 6.10 Å². The van der Waals surface area contributed by atoms with E-state index < -0.39 is 18.0 Å². The highest BCUT2D eigenvalue weighted by atomic mass is 16.6. The molecule has 0 N–H and O–H groups in total. The summed E-state index contributed by atoms with van der Waals surface area (Å²) >= 11 is 0. The first-order chi connectivity index (χ1) is 13.2. The van der Waals surface area contributed by atoms with Crippen LogP contribution in [0, 0.1) is 0 Å². The van der Waals surface area contributed by atoms with E-state index in [-0.39, 0.29) is 19.0 Å². The van der Waals surface area contributed by atoms with Gasteiger partial charge in [0.2, 0.25) is 0 Å². The molecule has 0 aliphatic carbocycles. The van der Waals surface area contributed by atoms with Gasteiger partial charge in [-0.3, -0.25) is 0 Å². The first-order valence-corrected chi connectivity index (χ1v) is 8.91. The smallest absolute Gasteiger partial charge is 0.359 e. The third-order valence-electron chi connectivity index (χ3n) is 3.59. The highest BCUT2D eigenvalue weighted by Gasteiger charge is 2.32. The van der Waals surface area contributed by atoms with Crippen LogP contribution in [0.3, 0.4) is 0 Å². The molecule has 6 nitrogen and oxygen atoms in total. The molecule has 0 saturated carbocycles. The summed E-state index contributed by atoms with van der Waals surface area (Å²) in [4.78, 5) is 24.2. The van der Waals surface area contributed by atoms with Crippen LogP contribution < -0.4 is 9.47 Å². The first kappa shape index (κ1) is 20.3. The number of hydrogen-bond donors (Lipinski definition) is 0. The van der Waals surface area contributed by atoms with Crippen molar-refractivity contribution in [3.05, 3.63) is 60.2 Å². The maximum absolute atomic E-state index is 12.1. The largest absolute Gasteiger partial charge is 0.489 e. The van der Waals surface area contributed by atoms with E-state index in [1.165, 1.54) is 0 Å². The predicted molar refractivity (Wildman–Crippen MR) is 99.8 cm³/mol. The van der Waals surface area contributed by atoms with Crippen LogP contribution in [0.5, 0.6) is 11.5 Å². The van der Waals surface area contributed by atoms with Gasteiger partial charge >= 0.3 is 11.9 Å². The van der Waals surface area contributed by atoms with Crippen LogP contribution in [-0.4, -0.2) is 37.9 Å². The van der Waals surface area contributed by atoms with E-state index in [4.69, 9.17) is 18.9 Å². The lowest BCUT2D eigenvalue weighted by Crippen LogP contribution is -2.38. The van der Waals surface area contributed by atoms with Crippen LogP contribution in [0.25, 0.3) is 0 Å². The molecule has 6 heteroatoms. The predicted octanol–water partition coefficient (Wildman–Crippen LogP) is 3.18. The van der Waals surface area contributed by atoms with Crippen LogP contribution in [0.2, 0.25) is 0 Å². The normalized spacial score (nSPS) is 10.3. The molecule has 144 valence electrons. The van der Waals surface area contributed by atoms with Crippen LogP contribution in [-0.2, 0) is 25.5 Å². The van der Waals surface area contributed by atoms with Crippen molar-refractivity contribution < 1.29 is 28.5 Å². The zero-order valence-corrected chi connectivity index (χ0v) is 15.6. The summed E-state index contributed by atoms with van der Waals surface area (Å²) in [6.07, 6.45) is -0.780. The van der Waals surface area contributed by atoms with Gasteiger partial charge in [0.15, 0.2) is 11.5 Å². The summed E-state index contributed by atoms with van der Waals surface area (Å²) in [7, 11) is 0. The minimum Gasteiger partial charge on any atom is -0.489 e. The number of para-hydroxylation sites is 2. The second kappa shape index (κ2) is 10.9. The molecule has 0 aromatic heterocycles. The summed E-state index contributed by atoms with van der Waals surface area (Å²) in [5.74, 6) is -0.881. The van der Waals surface area contributed by atoms with Gasteiger partial charge in [0.1, 0.15) is 0 Å². The minimum absolute atomic E-state index is 0.132. The van der Waals surface area contributed by atoms with Crippen LogP contribution in [0.1, 0.15) is 19.4 Å². The number of esters is 2. The molecule has 0 amide bonds. The van der Waals surface area contributed by atoms with Crippen molar-refractivity contribution in [2.75, 3.05) is 19.8 Å². The maximum Gasteiger partial charge on any atom is 0.359 e. The molecule has 0 saturated heterocycles. The number of benzene rings is 2. The Morgan fingerprint density at radius 2 is 1.37 bits per heavy atom. The average molecular weight is 372 g/mol. The standard InChI is InChI=1S/C21H24O6/c1-3-24-20(22)19(21(23)25-4-2)27-18-13-9-8-12-17(18)26-15-14-16-10-6-5-7-11-16/h5-13,19H,3-4,14-15H2,1-2H3. The number of carbonyl (C=O) groups is 2. The molecule has 2 rings (SSSR count). The summed E-state index contributed by atoms with van der Waals surface area (Å²) < 4.78 is 21.2. The molecule has 0 radical (unpaired) electrons. The zero-order chi connectivity index (χ0) is 19.5. The highest BCUT2D eigenvalue weighted by Crippen LogP contribution is 2.28. The summed E-state index contributed by atoms with van der Waals surface area (Å²) in [5.41, 5.74) is 1.15. The molecule has 0 atom stereocenters. The molecule has 0 spiro atoms. The molecule has 2 aromatic rings. The lowest BCUT2D eigenvalue weighted by Gasteiger charge is -2.18. The van der Waals surface area contributed by atoms with E-state index in [9.17, 15) is 9.59 Å². The Morgan fingerprint density at radius 1 is 0.815 bits per heavy atom. The second-order valence-corrected chi connectivity index (χ2v) is 5.53. The van der Waals surface area contributed by atoms with Crippen LogP contribution in [0.15, 0.2) is 54.6 Å². The lowest BCUT2D eigenvalue weighted by atomic mass is 10.2. The third-order valence-corrected chi connectivity index (χ3v) is 3.59. The fourth-order valence-electron chi connectivity index (χ4n) is 2.35. The van der Waals surface area contributed by atoms with Crippen molar-refractivity contribution in [3.8, 4) is 11.5 Å². The quantitative estimate of drug-likeness (QED) is 0.471. The Balaban J connectivity index is 2.07. The molecule has 0 aliphatic rings. The van der Waals surface area contributed by atoms with E-state index >= 15 is 0 Å². The molecule has 2 aromatic carbocycles. The lowest BCUT2D eigenvalue weighted by molar-refractivity contribution is -0.166.